The van der Waals surface area contributed by atoms with Crippen LogP contribution < -0.4 is 5.46 Å². The Bertz CT molecular complexity index is 780. The fourth-order valence-electron chi connectivity index (χ4n) is 2.36. The Hall–Kier alpha value is -2.56. The fraction of sp³-hybridized carbons (Fsp3) is 0. The van der Waals surface area contributed by atoms with Gasteiger partial charge in [-0.25, -0.2) is 0 Å². The van der Waals surface area contributed by atoms with Gasteiger partial charge in [-0.15, -0.1) is 0 Å². The van der Waals surface area contributed by atoms with Crippen molar-refractivity contribution in [3.8, 4) is 11.1 Å². The average molecular weight is 250 g/mol. The van der Waals surface area contributed by atoms with Crippen LogP contribution in [0.4, 0.5) is 5.69 Å². The number of fused-ring (bicyclic) bond motifs is 1. The highest BCUT2D eigenvalue weighted by Gasteiger charge is 2.11. The lowest BCUT2D eigenvalue weighted by atomic mass is 9.90. The van der Waals surface area contributed by atoms with Crippen LogP contribution in [0.15, 0.2) is 48.7 Å². The predicted octanol–water partition coefficient (Wildman–Crippen LogP) is 2.00. The topological polar surface area (TPSA) is 58.9 Å². The van der Waals surface area contributed by atoms with Gasteiger partial charge in [-0.1, -0.05) is 23.7 Å². The number of aromatic amines is 1. The van der Waals surface area contributed by atoms with Crippen molar-refractivity contribution in [2.24, 2.45) is 0 Å². The third kappa shape index (κ3) is 1.99. The van der Waals surface area contributed by atoms with Crippen LogP contribution in [-0.2, 0) is 0 Å². The first-order chi connectivity index (χ1) is 9.15. The minimum Gasteiger partial charge on any atom is -0.361 e. The van der Waals surface area contributed by atoms with E-state index in [1.54, 1.807) is 12.1 Å². The van der Waals surface area contributed by atoms with E-state index in [1.165, 1.54) is 0 Å². The summed E-state index contributed by atoms with van der Waals surface area (Å²) in [6.07, 6.45) is 1.87. The molecule has 2 aromatic carbocycles. The van der Waals surface area contributed by atoms with Gasteiger partial charge in [0.2, 0.25) is 0 Å². The maximum atomic E-state index is 10.9. The monoisotopic (exact) mass is 250 g/mol. The summed E-state index contributed by atoms with van der Waals surface area (Å²) >= 11 is 0. The summed E-state index contributed by atoms with van der Waals surface area (Å²) in [5, 5.41) is 12.0. The second kappa shape index (κ2) is 4.28. The molecule has 4 nitrogen and oxygen atoms in total. The maximum absolute atomic E-state index is 10.9. The molecule has 0 bridgehead atoms. The van der Waals surface area contributed by atoms with Crippen LogP contribution in [-0.4, -0.2) is 17.8 Å². The van der Waals surface area contributed by atoms with Gasteiger partial charge < -0.3 is 4.98 Å². The molecule has 19 heavy (non-hydrogen) atoms. The molecule has 0 aliphatic heterocycles. The molecule has 3 rings (SSSR count). The van der Waals surface area contributed by atoms with Crippen LogP contribution in [0.25, 0.3) is 22.0 Å². The molecule has 0 fully saturated rings. The molecular formula is C14H11BN2O2. The summed E-state index contributed by atoms with van der Waals surface area (Å²) < 4.78 is 0. The zero-order valence-electron chi connectivity index (χ0n) is 10.4. The van der Waals surface area contributed by atoms with Crippen LogP contribution in [0.1, 0.15) is 0 Å². The van der Waals surface area contributed by atoms with E-state index in [1.807, 2.05) is 44.4 Å². The number of hydrogen-bond donors (Lipinski definition) is 1. The molecule has 92 valence electrons. The van der Waals surface area contributed by atoms with Gasteiger partial charge in [-0.3, -0.25) is 10.1 Å². The van der Waals surface area contributed by atoms with Crippen LogP contribution >= 0.6 is 0 Å². The predicted molar refractivity (Wildman–Crippen MR) is 78.6 cm³/mol. The molecule has 0 amide bonds. The standard InChI is InChI=1S/C14H11BN2O2/c15-10-6-9(7-11(8-10)17(18)19)12-2-1-3-14-13(12)4-5-16-14/h1-8,16H,15H2. The number of nitrogens with one attached hydrogen (secondary N) is 1. The zero-order valence-corrected chi connectivity index (χ0v) is 10.4. The minimum absolute atomic E-state index is 0.127. The van der Waals surface area contributed by atoms with Gasteiger partial charge in [0.1, 0.15) is 7.85 Å². The molecule has 0 aliphatic rings. The number of nitro benzene ring substituents is 1. The van der Waals surface area contributed by atoms with Crippen LogP contribution in [0.2, 0.25) is 0 Å². The molecule has 0 unspecified atom stereocenters. The minimum atomic E-state index is -0.353. The van der Waals surface area contributed by atoms with E-state index < -0.39 is 0 Å². The molecule has 1 N–H and O–H groups in total. The highest BCUT2D eigenvalue weighted by atomic mass is 16.6. The Morgan fingerprint density at radius 3 is 2.79 bits per heavy atom. The second-order valence-corrected chi connectivity index (χ2v) is 4.56. The highest BCUT2D eigenvalue weighted by molar-refractivity contribution is 6.33. The van der Waals surface area contributed by atoms with E-state index >= 15 is 0 Å². The molecule has 0 saturated heterocycles. The summed E-state index contributed by atoms with van der Waals surface area (Å²) in [6.45, 7) is 0. The van der Waals surface area contributed by atoms with Crippen molar-refractivity contribution in [2.75, 3.05) is 0 Å². The van der Waals surface area contributed by atoms with Crippen LogP contribution in [0, 0.1) is 10.1 Å². The number of nitro groups is 1. The lowest BCUT2D eigenvalue weighted by Crippen LogP contribution is -2.04. The Morgan fingerprint density at radius 1 is 1.16 bits per heavy atom. The summed E-state index contributed by atoms with van der Waals surface area (Å²) in [4.78, 5) is 13.7. The molecular weight excluding hydrogens is 239 g/mol. The van der Waals surface area contributed by atoms with Crippen molar-refractivity contribution in [3.63, 3.8) is 0 Å². The fourth-order valence-corrected chi connectivity index (χ4v) is 2.36. The maximum Gasteiger partial charge on any atom is 0.269 e. The zero-order chi connectivity index (χ0) is 13.4. The third-order valence-electron chi connectivity index (χ3n) is 3.18. The first kappa shape index (κ1) is 11.5. The van der Waals surface area contributed by atoms with E-state index in [4.69, 9.17) is 0 Å². The van der Waals surface area contributed by atoms with Gasteiger partial charge in [-0.05, 0) is 23.3 Å². The molecule has 1 heterocycles. The molecule has 0 aliphatic carbocycles. The number of H-pyrrole nitrogens is 1. The summed E-state index contributed by atoms with van der Waals surface area (Å²) in [5.74, 6) is 0. The first-order valence-corrected chi connectivity index (χ1v) is 5.98. The SMILES string of the molecule is Bc1cc(-c2cccc3[nH]ccc23)cc([N+](=O)[O-])c1. The molecule has 0 atom stereocenters. The summed E-state index contributed by atoms with van der Waals surface area (Å²) in [5.41, 5.74) is 3.92. The molecule has 3 aromatic rings. The number of non-ortho nitro benzene ring substituents is 1. The Balaban J connectivity index is 2.26. The number of nitrogens with zero attached hydrogens (tertiary/aromatic N) is 1. The van der Waals surface area contributed by atoms with Crippen LogP contribution in [0.3, 0.4) is 0 Å². The van der Waals surface area contributed by atoms with Crippen molar-refractivity contribution in [1.82, 2.24) is 4.98 Å². The van der Waals surface area contributed by atoms with Crippen molar-refractivity contribution < 1.29 is 4.92 Å². The van der Waals surface area contributed by atoms with Gasteiger partial charge in [0.25, 0.3) is 5.69 Å². The van der Waals surface area contributed by atoms with Crippen molar-refractivity contribution >= 4 is 29.9 Å². The number of benzene rings is 2. The Labute approximate surface area is 110 Å². The lowest BCUT2D eigenvalue weighted by molar-refractivity contribution is -0.384. The van der Waals surface area contributed by atoms with Gasteiger partial charge in [0.15, 0.2) is 0 Å². The van der Waals surface area contributed by atoms with E-state index in [-0.39, 0.29) is 10.6 Å². The van der Waals surface area contributed by atoms with Gasteiger partial charge in [0.05, 0.1) is 4.92 Å². The third-order valence-corrected chi connectivity index (χ3v) is 3.18. The highest BCUT2D eigenvalue weighted by Crippen LogP contribution is 2.29. The van der Waals surface area contributed by atoms with E-state index in [2.05, 4.69) is 4.98 Å². The van der Waals surface area contributed by atoms with E-state index in [0.29, 0.717) is 0 Å². The van der Waals surface area contributed by atoms with Crippen molar-refractivity contribution in [2.45, 2.75) is 0 Å². The summed E-state index contributed by atoms with van der Waals surface area (Å²) in [7, 11) is 1.87. The molecule has 0 radical (unpaired) electrons. The molecule has 5 heteroatoms. The molecule has 0 spiro atoms. The lowest BCUT2D eigenvalue weighted by Gasteiger charge is -2.05. The molecule has 0 saturated carbocycles. The Kier molecular flexibility index (Phi) is 2.60. The van der Waals surface area contributed by atoms with Crippen molar-refractivity contribution in [3.05, 3.63) is 58.8 Å². The number of hydrogen-bond acceptors (Lipinski definition) is 2. The Morgan fingerprint density at radius 2 is 2.00 bits per heavy atom. The van der Waals surface area contributed by atoms with E-state index in [9.17, 15) is 10.1 Å². The van der Waals surface area contributed by atoms with Gasteiger partial charge >= 0.3 is 0 Å². The van der Waals surface area contributed by atoms with E-state index in [0.717, 1.165) is 27.5 Å². The average Bonchev–Trinajstić information content (AvgIpc) is 2.85. The van der Waals surface area contributed by atoms with Gasteiger partial charge in [0, 0.05) is 29.2 Å². The number of aromatic nitrogens is 1. The second-order valence-electron chi connectivity index (χ2n) is 4.56. The van der Waals surface area contributed by atoms with Crippen molar-refractivity contribution in [1.29, 1.82) is 0 Å². The van der Waals surface area contributed by atoms with Crippen LogP contribution in [0.5, 0.6) is 0 Å². The first-order valence-electron chi connectivity index (χ1n) is 5.98. The number of rotatable bonds is 2. The quantitative estimate of drug-likeness (QED) is 0.429. The molecule has 1 aromatic heterocycles. The smallest absolute Gasteiger partial charge is 0.269 e. The normalized spacial score (nSPS) is 10.7. The largest absolute Gasteiger partial charge is 0.361 e. The van der Waals surface area contributed by atoms with Gasteiger partial charge in [-0.2, -0.15) is 0 Å². The summed E-state index contributed by atoms with van der Waals surface area (Å²) in [6, 6.07) is 13.1.